The molecule has 2 rings (SSSR count). The molecule has 3 nitrogen and oxygen atoms in total. The summed E-state index contributed by atoms with van der Waals surface area (Å²) < 4.78 is 0. The number of rotatable bonds is 11. The van der Waals surface area contributed by atoms with Crippen LogP contribution in [-0.2, 0) is 0 Å². The third-order valence-electron chi connectivity index (χ3n) is 6.10. The first-order chi connectivity index (χ1) is 15.4. The number of halogens is 1. The summed E-state index contributed by atoms with van der Waals surface area (Å²) in [7, 11) is 0. The molecule has 1 N–H and O–H groups in total. The van der Waals surface area contributed by atoms with Gasteiger partial charge in [0, 0.05) is 23.0 Å². The Bertz CT molecular complexity index is 793. The fraction of sp³-hybridized carbons (Fsp3) is 0.615. The van der Waals surface area contributed by atoms with Gasteiger partial charge in [-0.25, -0.2) is 0 Å². The Morgan fingerprint density at radius 2 is 2.09 bits per heavy atom. The van der Waals surface area contributed by atoms with E-state index in [1.54, 1.807) is 11.8 Å². The monoisotopic (exact) mass is 493 g/mol. The van der Waals surface area contributed by atoms with E-state index in [4.69, 9.17) is 28.8 Å². The average molecular weight is 494 g/mol. The Kier molecular flexibility index (Phi) is 12.1. The first-order valence-electron chi connectivity index (χ1n) is 12.1. The lowest BCUT2D eigenvalue weighted by atomic mass is 9.80. The van der Waals surface area contributed by atoms with Gasteiger partial charge in [-0.2, -0.15) is 0 Å². The van der Waals surface area contributed by atoms with Crippen molar-refractivity contribution in [3.05, 3.63) is 40.9 Å². The van der Waals surface area contributed by atoms with E-state index < -0.39 is 0 Å². The van der Waals surface area contributed by atoms with Crippen LogP contribution >= 0.6 is 35.6 Å². The molecule has 6 heteroatoms. The highest BCUT2D eigenvalue weighted by molar-refractivity contribution is 8.14. The van der Waals surface area contributed by atoms with Crippen LogP contribution in [0.5, 0.6) is 0 Å². The zero-order valence-corrected chi connectivity index (χ0v) is 22.8. The lowest BCUT2D eigenvalue weighted by Crippen LogP contribution is -2.36. The van der Waals surface area contributed by atoms with E-state index in [1.807, 2.05) is 24.3 Å². The first-order valence-corrected chi connectivity index (χ1v) is 13.9. The van der Waals surface area contributed by atoms with Crippen LogP contribution < -0.4 is 5.32 Å². The molecule has 1 fully saturated rings. The molecule has 1 aliphatic rings. The van der Waals surface area contributed by atoms with Crippen LogP contribution in [0.2, 0.25) is 5.02 Å². The molecule has 1 saturated heterocycles. The number of amidine groups is 1. The molecule has 0 aromatic heterocycles. The first kappa shape index (κ1) is 27.2. The van der Waals surface area contributed by atoms with Crippen LogP contribution in [0.3, 0.4) is 0 Å². The highest BCUT2D eigenvalue weighted by Crippen LogP contribution is 2.31. The van der Waals surface area contributed by atoms with Gasteiger partial charge < -0.3 is 5.32 Å². The van der Waals surface area contributed by atoms with E-state index in [0.29, 0.717) is 22.0 Å². The fourth-order valence-electron chi connectivity index (χ4n) is 4.38. The van der Waals surface area contributed by atoms with Gasteiger partial charge >= 0.3 is 0 Å². The van der Waals surface area contributed by atoms with Crippen molar-refractivity contribution in [3.8, 4) is 0 Å². The Balaban J connectivity index is 2.14. The number of unbranched alkanes of at least 4 members (excludes halogenated alkanes) is 1. The summed E-state index contributed by atoms with van der Waals surface area (Å²) in [6, 6.07) is 7.93. The third kappa shape index (κ3) is 8.39. The zero-order valence-electron chi connectivity index (χ0n) is 20.4. The van der Waals surface area contributed by atoms with E-state index in [0.717, 1.165) is 29.6 Å². The minimum atomic E-state index is 0.254. The van der Waals surface area contributed by atoms with E-state index >= 15 is 0 Å². The van der Waals surface area contributed by atoms with Gasteiger partial charge in [-0.15, -0.1) is 0 Å². The van der Waals surface area contributed by atoms with E-state index in [-0.39, 0.29) is 6.04 Å². The normalized spacial score (nSPS) is 18.6. The number of hydrogen-bond donors (Lipinski definition) is 1. The molecule has 3 atom stereocenters. The number of allylic oxidation sites excluding steroid dienone is 2. The van der Waals surface area contributed by atoms with E-state index in [9.17, 15) is 0 Å². The van der Waals surface area contributed by atoms with Crippen molar-refractivity contribution in [3.63, 3.8) is 0 Å². The fourth-order valence-corrected chi connectivity index (χ4v) is 5.96. The topological polar surface area (TPSA) is 27.6 Å². The SMILES string of the molecule is CCCC/C(C)=C/C(CCC)C(CC)C(C)/N=C1/SCCN1C(=S)Nc1cccc(Cl)c1. The van der Waals surface area contributed by atoms with Crippen molar-refractivity contribution in [1.29, 1.82) is 0 Å². The van der Waals surface area contributed by atoms with Gasteiger partial charge in [-0.1, -0.05) is 81.1 Å². The number of nitrogens with zero attached hydrogens (tertiary/aromatic N) is 2. The van der Waals surface area contributed by atoms with Crippen LogP contribution in [0, 0.1) is 11.8 Å². The molecule has 178 valence electrons. The number of anilines is 1. The van der Waals surface area contributed by atoms with E-state index in [1.165, 1.54) is 37.7 Å². The summed E-state index contributed by atoms with van der Waals surface area (Å²) in [5, 5.41) is 5.76. The number of thioether (sulfide) groups is 1. The number of nitrogens with one attached hydrogen (secondary N) is 1. The largest absolute Gasteiger partial charge is 0.332 e. The number of aliphatic imine (C=N–C) groups is 1. The number of hydrogen-bond acceptors (Lipinski definition) is 3. The van der Waals surface area contributed by atoms with Gasteiger partial charge in [0.05, 0.1) is 6.04 Å². The Labute approximate surface area is 210 Å². The molecule has 0 spiro atoms. The molecule has 1 heterocycles. The lowest BCUT2D eigenvalue weighted by Gasteiger charge is -2.29. The van der Waals surface area contributed by atoms with Crippen molar-refractivity contribution >= 4 is 51.5 Å². The summed E-state index contributed by atoms with van der Waals surface area (Å²) in [5.74, 6) is 2.13. The molecule has 0 amide bonds. The minimum Gasteiger partial charge on any atom is -0.332 e. The van der Waals surface area contributed by atoms with Gasteiger partial charge in [0.15, 0.2) is 10.3 Å². The average Bonchev–Trinajstić information content (AvgIpc) is 3.21. The molecule has 1 aliphatic heterocycles. The predicted octanol–water partition coefficient (Wildman–Crippen LogP) is 8.41. The second-order valence-electron chi connectivity index (χ2n) is 8.73. The highest BCUT2D eigenvalue weighted by Gasteiger charge is 2.28. The molecule has 0 saturated carbocycles. The highest BCUT2D eigenvalue weighted by atomic mass is 35.5. The molecular formula is C26H40ClN3S2. The van der Waals surface area contributed by atoms with Gasteiger partial charge in [0.1, 0.15) is 0 Å². The van der Waals surface area contributed by atoms with Crippen molar-refractivity contribution in [2.75, 3.05) is 17.6 Å². The van der Waals surface area contributed by atoms with Gasteiger partial charge in [0.2, 0.25) is 0 Å². The quantitative estimate of drug-likeness (QED) is 0.247. The molecule has 1 aromatic rings. The maximum atomic E-state index is 6.13. The Morgan fingerprint density at radius 1 is 1.31 bits per heavy atom. The van der Waals surface area contributed by atoms with Crippen LogP contribution in [0.25, 0.3) is 0 Å². The predicted molar refractivity (Wildman–Crippen MR) is 149 cm³/mol. The molecule has 32 heavy (non-hydrogen) atoms. The van der Waals surface area contributed by atoms with E-state index in [2.05, 4.69) is 50.9 Å². The summed E-state index contributed by atoms with van der Waals surface area (Å²) in [5.41, 5.74) is 2.45. The van der Waals surface area contributed by atoms with Crippen molar-refractivity contribution in [1.82, 2.24) is 4.90 Å². The van der Waals surface area contributed by atoms with Crippen molar-refractivity contribution in [2.45, 2.75) is 79.2 Å². The summed E-state index contributed by atoms with van der Waals surface area (Å²) in [6.45, 7) is 12.3. The van der Waals surface area contributed by atoms with Crippen LogP contribution in [0.1, 0.15) is 73.1 Å². The van der Waals surface area contributed by atoms with Crippen molar-refractivity contribution < 1.29 is 0 Å². The van der Waals surface area contributed by atoms with Gasteiger partial charge in [-0.3, -0.25) is 9.89 Å². The summed E-state index contributed by atoms with van der Waals surface area (Å²) in [4.78, 5) is 7.34. The van der Waals surface area contributed by atoms with Crippen molar-refractivity contribution in [2.24, 2.45) is 16.8 Å². The second-order valence-corrected chi connectivity index (χ2v) is 10.6. The Morgan fingerprint density at radius 3 is 2.75 bits per heavy atom. The lowest BCUT2D eigenvalue weighted by molar-refractivity contribution is 0.313. The summed E-state index contributed by atoms with van der Waals surface area (Å²) >= 11 is 13.7. The number of thiocarbonyl (C=S) groups is 1. The molecular weight excluding hydrogens is 454 g/mol. The zero-order chi connectivity index (χ0) is 23.5. The van der Waals surface area contributed by atoms with Crippen LogP contribution in [0.4, 0.5) is 5.69 Å². The molecule has 0 aliphatic carbocycles. The number of benzene rings is 1. The van der Waals surface area contributed by atoms with Crippen LogP contribution in [0.15, 0.2) is 40.9 Å². The smallest absolute Gasteiger partial charge is 0.179 e. The molecule has 3 unspecified atom stereocenters. The van der Waals surface area contributed by atoms with Gasteiger partial charge in [-0.05, 0) is 75.4 Å². The molecule has 1 aromatic carbocycles. The minimum absolute atomic E-state index is 0.254. The molecule has 0 radical (unpaired) electrons. The van der Waals surface area contributed by atoms with Gasteiger partial charge in [0.25, 0.3) is 0 Å². The third-order valence-corrected chi connectivity index (χ3v) is 7.63. The van der Waals surface area contributed by atoms with Crippen LogP contribution in [-0.4, -0.2) is 33.5 Å². The molecule has 0 bridgehead atoms. The maximum Gasteiger partial charge on any atom is 0.179 e. The standard InChI is InChI=1S/C26H40ClN3S2/c1-6-9-12-19(4)17-21(11-7-2)24(8-3)20(5)28-26-30(15-16-32-26)25(31)29-23-14-10-13-22(27)18-23/h10,13-14,17-18,20-21,24H,6-9,11-12,15-16H2,1-5H3,(H,29,31)/b19-17+,28-26+. The summed E-state index contributed by atoms with van der Waals surface area (Å²) in [6.07, 6.45) is 9.85. The Hall–Kier alpha value is -1.04. The maximum absolute atomic E-state index is 6.13. The second kappa shape index (κ2) is 14.3.